The van der Waals surface area contributed by atoms with E-state index in [0.717, 1.165) is 0 Å². The summed E-state index contributed by atoms with van der Waals surface area (Å²) in [7, 11) is -2.96. The maximum absolute atomic E-state index is 11.3. The van der Waals surface area contributed by atoms with Gasteiger partial charge in [0.05, 0.1) is 24.0 Å². The van der Waals surface area contributed by atoms with Gasteiger partial charge in [-0.25, -0.2) is 8.42 Å². The van der Waals surface area contributed by atoms with Crippen LogP contribution in [0.2, 0.25) is 0 Å². The summed E-state index contributed by atoms with van der Waals surface area (Å²) in [5, 5.41) is 7.75. The SMILES string of the molecule is CCS(=O)(=O)CCn1cc(C(C)(C)N)nn1. The molecule has 0 spiro atoms. The molecule has 0 aliphatic carbocycles. The average Bonchev–Trinajstić information content (AvgIpc) is 2.63. The predicted octanol–water partition coefficient (Wildman–Crippen LogP) is -0.0934. The summed E-state index contributed by atoms with van der Waals surface area (Å²) in [6.07, 6.45) is 1.69. The third-order valence-corrected chi connectivity index (χ3v) is 3.95. The van der Waals surface area contributed by atoms with Gasteiger partial charge in [0.25, 0.3) is 0 Å². The van der Waals surface area contributed by atoms with E-state index >= 15 is 0 Å². The first-order valence-corrected chi connectivity index (χ1v) is 6.96. The van der Waals surface area contributed by atoms with Gasteiger partial charge in [-0.15, -0.1) is 5.10 Å². The average molecular weight is 246 g/mol. The molecule has 0 saturated heterocycles. The molecule has 1 rings (SSSR count). The van der Waals surface area contributed by atoms with Gasteiger partial charge in [0.1, 0.15) is 5.69 Å². The molecule has 16 heavy (non-hydrogen) atoms. The minimum absolute atomic E-state index is 0.0807. The van der Waals surface area contributed by atoms with Gasteiger partial charge in [0, 0.05) is 5.75 Å². The number of aromatic nitrogens is 3. The standard InChI is InChI=1S/C9H18N4O2S/c1-4-16(14,15)6-5-13-7-8(11-12-13)9(2,3)10/h7H,4-6,10H2,1-3H3. The number of nitrogens with zero attached hydrogens (tertiary/aromatic N) is 3. The number of hydrogen-bond acceptors (Lipinski definition) is 5. The zero-order valence-corrected chi connectivity index (χ0v) is 10.7. The van der Waals surface area contributed by atoms with Crippen molar-refractivity contribution in [2.24, 2.45) is 5.73 Å². The maximum Gasteiger partial charge on any atom is 0.151 e. The summed E-state index contributed by atoms with van der Waals surface area (Å²) >= 11 is 0. The Morgan fingerprint density at radius 1 is 1.50 bits per heavy atom. The Morgan fingerprint density at radius 3 is 2.56 bits per heavy atom. The van der Waals surface area contributed by atoms with E-state index in [0.29, 0.717) is 12.2 Å². The molecule has 0 atom stereocenters. The van der Waals surface area contributed by atoms with E-state index in [1.165, 1.54) is 4.68 Å². The molecule has 1 aromatic rings. The van der Waals surface area contributed by atoms with Crippen molar-refractivity contribution in [2.45, 2.75) is 32.9 Å². The first kappa shape index (κ1) is 13.1. The number of aryl methyl sites for hydroxylation is 1. The summed E-state index contributed by atoms with van der Waals surface area (Å²) in [6, 6.07) is 0. The third-order valence-electron chi connectivity index (χ3n) is 2.27. The Morgan fingerprint density at radius 2 is 2.12 bits per heavy atom. The van der Waals surface area contributed by atoms with Crippen molar-refractivity contribution in [1.82, 2.24) is 15.0 Å². The second-order valence-electron chi connectivity index (χ2n) is 4.32. The van der Waals surface area contributed by atoms with E-state index in [1.807, 2.05) is 13.8 Å². The highest BCUT2D eigenvalue weighted by atomic mass is 32.2. The van der Waals surface area contributed by atoms with E-state index < -0.39 is 15.4 Å². The first-order chi connectivity index (χ1) is 7.24. The molecule has 1 aromatic heterocycles. The van der Waals surface area contributed by atoms with Gasteiger partial charge in [-0.05, 0) is 13.8 Å². The van der Waals surface area contributed by atoms with E-state index in [2.05, 4.69) is 10.3 Å². The van der Waals surface area contributed by atoms with Crippen molar-refractivity contribution in [3.63, 3.8) is 0 Å². The second kappa shape index (κ2) is 4.50. The molecule has 2 N–H and O–H groups in total. The van der Waals surface area contributed by atoms with Crippen molar-refractivity contribution in [3.05, 3.63) is 11.9 Å². The minimum Gasteiger partial charge on any atom is -0.320 e. The van der Waals surface area contributed by atoms with Gasteiger partial charge < -0.3 is 5.73 Å². The summed E-state index contributed by atoms with van der Waals surface area (Å²) < 4.78 is 24.1. The van der Waals surface area contributed by atoms with Crippen molar-refractivity contribution in [1.29, 1.82) is 0 Å². The molecule has 0 aliphatic heterocycles. The zero-order chi connectivity index (χ0) is 12.4. The van der Waals surface area contributed by atoms with Crippen LogP contribution in [0.15, 0.2) is 6.20 Å². The Bertz CT molecular complexity index is 444. The highest BCUT2D eigenvalue weighted by Crippen LogP contribution is 2.12. The number of sulfone groups is 1. The van der Waals surface area contributed by atoms with Crippen molar-refractivity contribution >= 4 is 9.84 Å². The predicted molar refractivity (Wildman–Crippen MR) is 61.6 cm³/mol. The molecule has 0 aromatic carbocycles. The lowest BCUT2D eigenvalue weighted by Crippen LogP contribution is -2.29. The van der Waals surface area contributed by atoms with Gasteiger partial charge in [0.15, 0.2) is 9.84 Å². The van der Waals surface area contributed by atoms with Crippen LogP contribution in [0.5, 0.6) is 0 Å². The highest BCUT2D eigenvalue weighted by molar-refractivity contribution is 7.91. The van der Waals surface area contributed by atoms with Crippen LogP contribution in [-0.2, 0) is 21.9 Å². The monoisotopic (exact) mass is 246 g/mol. The molecule has 7 heteroatoms. The molecule has 0 fully saturated rings. The molecule has 0 radical (unpaired) electrons. The van der Waals surface area contributed by atoms with Crippen LogP contribution in [0.3, 0.4) is 0 Å². The van der Waals surface area contributed by atoms with Crippen LogP contribution < -0.4 is 5.73 Å². The first-order valence-electron chi connectivity index (χ1n) is 5.14. The lowest BCUT2D eigenvalue weighted by atomic mass is 10.0. The van der Waals surface area contributed by atoms with E-state index in [9.17, 15) is 8.42 Å². The molecule has 0 saturated carbocycles. The largest absolute Gasteiger partial charge is 0.320 e. The fourth-order valence-corrected chi connectivity index (χ4v) is 1.83. The molecule has 6 nitrogen and oxygen atoms in total. The quantitative estimate of drug-likeness (QED) is 0.783. The maximum atomic E-state index is 11.3. The highest BCUT2D eigenvalue weighted by Gasteiger charge is 2.18. The molecule has 0 unspecified atom stereocenters. The van der Waals surface area contributed by atoms with Gasteiger partial charge in [-0.3, -0.25) is 4.68 Å². The Labute approximate surface area is 95.7 Å². The molecule has 0 amide bonds. The van der Waals surface area contributed by atoms with Gasteiger partial charge >= 0.3 is 0 Å². The smallest absolute Gasteiger partial charge is 0.151 e. The summed E-state index contributed by atoms with van der Waals surface area (Å²) in [5.74, 6) is 0.230. The third kappa shape index (κ3) is 3.57. The molecule has 0 aliphatic rings. The van der Waals surface area contributed by atoms with Gasteiger partial charge in [0.2, 0.25) is 0 Å². The summed E-state index contributed by atoms with van der Waals surface area (Å²) in [5.41, 5.74) is 5.94. The molecular formula is C9H18N4O2S. The van der Waals surface area contributed by atoms with E-state index in [1.54, 1.807) is 13.1 Å². The van der Waals surface area contributed by atoms with Crippen molar-refractivity contribution in [2.75, 3.05) is 11.5 Å². The van der Waals surface area contributed by atoms with Crippen LogP contribution >= 0.6 is 0 Å². The molecular weight excluding hydrogens is 228 g/mol. The summed E-state index contributed by atoms with van der Waals surface area (Å²) in [6.45, 7) is 5.60. The Balaban J connectivity index is 2.67. The van der Waals surface area contributed by atoms with Crippen LogP contribution in [0.1, 0.15) is 26.5 Å². The van der Waals surface area contributed by atoms with Crippen LogP contribution in [0, 0.1) is 0 Å². The number of hydrogen-bond donors (Lipinski definition) is 1. The normalized spacial score (nSPS) is 13.0. The molecule has 0 bridgehead atoms. The topological polar surface area (TPSA) is 90.9 Å². The zero-order valence-electron chi connectivity index (χ0n) is 9.84. The van der Waals surface area contributed by atoms with Gasteiger partial charge in [-0.2, -0.15) is 0 Å². The number of nitrogens with two attached hydrogens (primary N) is 1. The fraction of sp³-hybridized carbons (Fsp3) is 0.778. The lowest BCUT2D eigenvalue weighted by molar-refractivity contribution is 0.533. The summed E-state index contributed by atoms with van der Waals surface area (Å²) in [4.78, 5) is 0. The van der Waals surface area contributed by atoms with Crippen molar-refractivity contribution < 1.29 is 8.42 Å². The number of rotatable bonds is 5. The molecule has 1 heterocycles. The lowest BCUT2D eigenvalue weighted by Gasteiger charge is -2.13. The van der Waals surface area contributed by atoms with Gasteiger partial charge in [-0.1, -0.05) is 12.1 Å². The molecule has 92 valence electrons. The van der Waals surface area contributed by atoms with Crippen LogP contribution in [0.25, 0.3) is 0 Å². The van der Waals surface area contributed by atoms with Crippen LogP contribution in [-0.4, -0.2) is 34.9 Å². The Kier molecular flexibility index (Phi) is 3.69. The second-order valence-corrected chi connectivity index (χ2v) is 6.80. The minimum atomic E-state index is -2.96. The van der Waals surface area contributed by atoms with E-state index in [4.69, 9.17) is 5.73 Å². The van der Waals surface area contributed by atoms with E-state index in [-0.39, 0.29) is 11.5 Å². The Hall–Kier alpha value is -0.950. The van der Waals surface area contributed by atoms with Crippen LogP contribution in [0.4, 0.5) is 0 Å². The fourth-order valence-electron chi connectivity index (χ4n) is 1.08. The van der Waals surface area contributed by atoms with Crippen molar-refractivity contribution in [3.8, 4) is 0 Å².